The molecular formula is C21H17O2P. The lowest BCUT2D eigenvalue weighted by molar-refractivity contribution is -0.125. The van der Waals surface area contributed by atoms with E-state index in [1.807, 2.05) is 91.0 Å². The van der Waals surface area contributed by atoms with Crippen LogP contribution in [0.25, 0.3) is 0 Å². The molecule has 3 heteroatoms. The molecule has 0 bridgehead atoms. The van der Waals surface area contributed by atoms with E-state index in [1.54, 1.807) is 5.80 Å². The zero-order valence-electron chi connectivity index (χ0n) is 13.1. The number of ketones is 1. The van der Waals surface area contributed by atoms with Crippen LogP contribution in [0.2, 0.25) is 0 Å². The van der Waals surface area contributed by atoms with Gasteiger partial charge in [-0.15, -0.1) is 0 Å². The Morgan fingerprint density at radius 2 is 0.958 bits per heavy atom. The number of aldehydes is 1. The SMILES string of the molecule is O=CC(=O)C=P(c1ccccc1)(c1ccccc1)c1ccccc1. The van der Waals surface area contributed by atoms with Crippen LogP contribution in [-0.2, 0) is 9.59 Å². The molecular weight excluding hydrogens is 315 g/mol. The van der Waals surface area contributed by atoms with Crippen molar-refractivity contribution >= 4 is 40.7 Å². The Labute approximate surface area is 141 Å². The largest absolute Gasteiger partial charge is 0.294 e. The van der Waals surface area contributed by atoms with Crippen LogP contribution in [0.1, 0.15) is 0 Å². The summed E-state index contributed by atoms with van der Waals surface area (Å²) in [6, 6.07) is 29.8. The van der Waals surface area contributed by atoms with E-state index < -0.39 is 12.7 Å². The number of rotatable bonds is 5. The van der Waals surface area contributed by atoms with Crippen LogP contribution in [0.4, 0.5) is 0 Å². The van der Waals surface area contributed by atoms with Gasteiger partial charge in [0.25, 0.3) is 0 Å². The first-order valence-corrected chi connectivity index (χ1v) is 9.54. The van der Waals surface area contributed by atoms with Crippen molar-refractivity contribution in [1.29, 1.82) is 0 Å². The van der Waals surface area contributed by atoms with Crippen LogP contribution < -0.4 is 15.9 Å². The summed E-state index contributed by atoms with van der Waals surface area (Å²) in [4.78, 5) is 23.3. The standard InChI is InChI=1S/C21H17O2P/c22-16-18(23)17-24(19-10-4-1-5-11-19,20-12-6-2-7-13-20)21-14-8-3-9-15-21/h1-17H. The maximum absolute atomic E-state index is 12.2. The molecule has 0 radical (unpaired) electrons. The molecule has 0 spiro atoms. The van der Waals surface area contributed by atoms with Crippen molar-refractivity contribution < 1.29 is 9.59 Å². The zero-order chi connectivity index (χ0) is 16.8. The molecule has 0 aromatic heterocycles. The number of Topliss-reactive ketones (excluding diaryl/α,β-unsaturated/α-hetero) is 1. The lowest BCUT2D eigenvalue weighted by Gasteiger charge is -2.28. The van der Waals surface area contributed by atoms with Gasteiger partial charge in [0.15, 0.2) is 6.29 Å². The summed E-state index contributed by atoms with van der Waals surface area (Å²) in [5.41, 5.74) is 0. The predicted octanol–water partition coefficient (Wildman–Crippen LogP) is 2.55. The lowest BCUT2D eigenvalue weighted by atomic mass is 10.4. The van der Waals surface area contributed by atoms with E-state index in [0.29, 0.717) is 6.29 Å². The van der Waals surface area contributed by atoms with E-state index >= 15 is 0 Å². The van der Waals surface area contributed by atoms with Gasteiger partial charge in [-0.1, -0.05) is 91.0 Å². The van der Waals surface area contributed by atoms with Crippen molar-refractivity contribution in [3.63, 3.8) is 0 Å². The highest BCUT2D eigenvalue weighted by atomic mass is 31.2. The normalized spacial score (nSPS) is 10.8. The van der Waals surface area contributed by atoms with Crippen molar-refractivity contribution in [2.24, 2.45) is 0 Å². The van der Waals surface area contributed by atoms with Gasteiger partial charge in [-0.05, 0) is 28.6 Å². The lowest BCUT2D eigenvalue weighted by Crippen LogP contribution is -2.28. The first-order chi connectivity index (χ1) is 11.8. The molecule has 0 saturated carbocycles. The molecule has 0 saturated heterocycles. The third kappa shape index (κ3) is 3.02. The van der Waals surface area contributed by atoms with Gasteiger partial charge in [0.05, 0.1) is 0 Å². The minimum atomic E-state index is -2.33. The maximum atomic E-state index is 12.2. The number of hydrogen-bond acceptors (Lipinski definition) is 2. The fraction of sp³-hybridized carbons (Fsp3) is 0. The van der Waals surface area contributed by atoms with Gasteiger partial charge in [-0.25, -0.2) is 0 Å². The first kappa shape index (κ1) is 16.2. The highest BCUT2D eigenvalue weighted by Crippen LogP contribution is 2.43. The molecule has 0 aliphatic carbocycles. The highest BCUT2D eigenvalue weighted by molar-refractivity contribution is 7.95. The fourth-order valence-corrected chi connectivity index (χ4v) is 6.59. The Morgan fingerprint density at radius 1 is 0.625 bits per heavy atom. The summed E-state index contributed by atoms with van der Waals surface area (Å²) in [6.07, 6.45) is 0.392. The molecule has 3 aromatic carbocycles. The monoisotopic (exact) mass is 332 g/mol. The van der Waals surface area contributed by atoms with Gasteiger partial charge in [-0.2, -0.15) is 0 Å². The minimum Gasteiger partial charge on any atom is -0.294 e. The second-order valence-corrected chi connectivity index (χ2v) is 8.63. The maximum Gasteiger partial charge on any atom is 0.219 e. The molecule has 3 rings (SSSR count). The molecule has 118 valence electrons. The predicted molar refractivity (Wildman–Crippen MR) is 102 cm³/mol. The summed E-state index contributed by atoms with van der Waals surface area (Å²) in [5, 5.41) is 3.16. The summed E-state index contributed by atoms with van der Waals surface area (Å²) < 4.78 is 0. The Morgan fingerprint density at radius 3 is 1.25 bits per heavy atom. The van der Waals surface area contributed by atoms with E-state index in [0.717, 1.165) is 15.9 Å². The van der Waals surface area contributed by atoms with Gasteiger partial charge >= 0.3 is 0 Å². The molecule has 0 aliphatic rings. The summed E-state index contributed by atoms with van der Waals surface area (Å²) in [5.74, 6) is 1.14. The van der Waals surface area contributed by atoms with Crippen molar-refractivity contribution in [1.82, 2.24) is 0 Å². The van der Waals surface area contributed by atoms with E-state index in [9.17, 15) is 9.59 Å². The third-order valence-corrected chi connectivity index (χ3v) is 7.91. The third-order valence-electron chi connectivity index (χ3n) is 3.93. The Hall–Kier alpha value is -2.70. The minimum absolute atomic E-state index is 0.392. The molecule has 0 unspecified atom stereocenters. The fourth-order valence-electron chi connectivity index (χ4n) is 2.88. The van der Waals surface area contributed by atoms with Crippen LogP contribution in [0.15, 0.2) is 91.0 Å². The second kappa shape index (κ2) is 7.25. The Kier molecular flexibility index (Phi) is 4.88. The average Bonchev–Trinajstić information content (AvgIpc) is 2.68. The van der Waals surface area contributed by atoms with Gasteiger partial charge < -0.3 is 0 Å². The first-order valence-electron chi connectivity index (χ1n) is 7.68. The molecule has 0 atom stereocenters. The van der Waals surface area contributed by atoms with Crippen molar-refractivity contribution in [2.45, 2.75) is 0 Å². The van der Waals surface area contributed by atoms with Gasteiger partial charge in [-0.3, -0.25) is 9.59 Å². The topological polar surface area (TPSA) is 34.1 Å². The smallest absolute Gasteiger partial charge is 0.219 e. The van der Waals surface area contributed by atoms with E-state index in [4.69, 9.17) is 0 Å². The molecule has 0 amide bonds. The molecule has 24 heavy (non-hydrogen) atoms. The van der Waals surface area contributed by atoms with E-state index in [1.165, 1.54) is 0 Å². The number of hydrogen-bond donors (Lipinski definition) is 0. The summed E-state index contributed by atoms with van der Waals surface area (Å²) in [6.45, 7) is -2.33. The van der Waals surface area contributed by atoms with Crippen LogP contribution in [-0.4, -0.2) is 17.9 Å². The molecule has 0 fully saturated rings. The summed E-state index contributed by atoms with van der Waals surface area (Å²) in [7, 11) is 0. The van der Waals surface area contributed by atoms with Crippen LogP contribution >= 0.6 is 6.89 Å². The Bertz CT molecular complexity index is 781. The van der Waals surface area contributed by atoms with E-state index in [-0.39, 0.29) is 0 Å². The van der Waals surface area contributed by atoms with Crippen molar-refractivity contribution in [3.8, 4) is 0 Å². The molecule has 3 aromatic rings. The van der Waals surface area contributed by atoms with Crippen LogP contribution in [0, 0.1) is 0 Å². The van der Waals surface area contributed by atoms with Crippen LogP contribution in [0.5, 0.6) is 0 Å². The molecule has 0 N–H and O–H groups in total. The van der Waals surface area contributed by atoms with Gasteiger partial charge in [0.2, 0.25) is 5.78 Å². The highest BCUT2D eigenvalue weighted by Gasteiger charge is 2.25. The van der Waals surface area contributed by atoms with E-state index in [2.05, 4.69) is 0 Å². The van der Waals surface area contributed by atoms with Gasteiger partial charge in [0.1, 0.15) is 0 Å². The molecule has 0 aliphatic heterocycles. The van der Waals surface area contributed by atoms with Gasteiger partial charge in [0, 0.05) is 0 Å². The quantitative estimate of drug-likeness (QED) is 0.409. The second-order valence-electron chi connectivity index (χ2n) is 5.38. The zero-order valence-corrected chi connectivity index (χ0v) is 14.0. The number of carbonyl (C=O) groups is 2. The summed E-state index contributed by atoms with van der Waals surface area (Å²) >= 11 is 0. The number of benzene rings is 3. The molecule has 2 nitrogen and oxygen atoms in total. The van der Waals surface area contributed by atoms with Crippen LogP contribution in [0.3, 0.4) is 0 Å². The van der Waals surface area contributed by atoms with Crippen molar-refractivity contribution in [3.05, 3.63) is 91.0 Å². The number of carbonyl (C=O) groups excluding carboxylic acids is 2. The van der Waals surface area contributed by atoms with Crippen molar-refractivity contribution in [2.75, 3.05) is 0 Å². The Balaban J connectivity index is 2.45. The average molecular weight is 332 g/mol. The molecule has 0 heterocycles.